The van der Waals surface area contributed by atoms with Crippen molar-refractivity contribution >= 4 is 35.0 Å². The van der Waals surface area contributed by atoms with Gasteiger partial charge in [-0.3, -0.25) is 9.52 Å². The minimum Gasteiger partial charge on any atom is -0.378 e. The minimum atomic E-state index is 0.0741. The van der Waals surface area contributed by atoms with Crippen LogP contribution in [-0.2, 0) is 4.74 Å². The molecule has 24 heavy (non-hydrogen) atoms. The molecule has 1 aliphatic rings. The Labute approximate surface area is 151 Å². The van der Waals surface area contributed by atoms with Crippen LogP contribution in [0.1, 0.15) is 10.4 Å². The maximum absolute atomic E-state index is 12.2. The summed E-state index contributed by atoms with van der Waals surface area (Å²) in [6, 6.07) is 15.3. The number of hydrogen-bond acceptors (Lipinski definition) is 5. The van der Waals surface area contributed by atoms with Crippen LogP contribution in [0, 0.1) is 0 Å². The Morgan fingerprint density at radius 3 is 2.42 bits per heavy atom. The first kappa shape index (κ1) is 17.3. The number of ketones is 1. The molecule has 0 atom stereocenters. The van der Waals surface area contributed by atoms with E-state index in [4.69, 9.17) is 16.3 Å². The SMILES string of the molecule is O=C(CNSc1ccc(Cl)cc1)c1ccc(N2CCOCC2)cc1. The van der Waals surface area contributed by atoms with Gasteiger partial charge in [-0.15, -0.1) is 0 Å². The van der Waals surface area contributed by atoms with Gasteiger partial charge in [0.25, 0.3) is 0 Å². The van der Waals surface area contributed by atoms with Crippen molar-refractivity contribution in [2.24, 2.45) is 0 Å². The first-order valence-electron chi connectivity index (χ1n) is 7.83. The number of carbonyl (C=O) groups excluding carboxylic acids is 1. The van der Waals surface area contributed by atoms with Gasteiger partial charge in [0.2, 0.25) is 0 Å². The normalized spacial score (nSPS) is 14.6. The average Bonchev–Trinajstić information content (AvgIpc) is 2.64. The van der Waals surface area contributed by atoms with Crippen LogP contribution in [0.15, 0.2) is 53.4 Å². The number of nitrogens with zero attached hydrogens (tertiary/aromatic N) is 1. The maximum atomic E-state index is 12.2. The van der Waals surface area contributed by atoms with Crippen molar-refractivity contribution in [3.63, 3.8) is 0 Å². The summed E-state index contributed by atoms with van der Waals surface area (Å²) in [5.41, 5.74) is 1.86. The third-order valence-electron chi connectivity index (χ3n) is 3.80. The molecule has 126 valence electrons. The van der Waals surface area contributed by atoms with Gasteiger partial charge in [0.15, 0.2) is 5.78 Å². The standard InChI is InChI=1S/C18H19ClN2O2S/c19-15-3-7-17(8-4-15)24-20-13-18(22)14-1-5-16(6-2-14)21-9-11-23-12-10-21/h1-8,20H,9-13H2. The molecule has 0 bridgehead atoms. The highest BCUT2D eigenvalue weighted by atomic mass is 35.5. The lowest BCUT2D eigenvalue weighted by Gasteiger charge is -2.28. The van der Waals surface area contributed by atoms with Crippen molar-refractivity contribution in [2.45, 2.75) is 4.90 Å². The lowest BCUT2D eigenvalue weighted by molar-refractivity contribution is 0.0998. The molecule has 0 saturated carbocycles. The van der Waals surface area contributed by atoms with Crippen molar-refractivity contribution in [3.05, 3.63) is 59.1 Å². The molecule has 4 nitrogen and oxygen atoms in total. The van der Waals surface area contributed by atoms with E-state index in [-0.39, 0.29) is 12.3 Å². The van der Waals surface area contributed by atoms with E-state index in [1.54, 1.807) is 0 Å². The molecule has 3 rings (SSSR count). The zero-order chi connectivity index (χ0) is 16.8. The quantitative estimate of drug-likeness (QED) is 0.627. The molecule has 0 unspecified atom stereocenters. The summed E-state index contributed by atoms with van der Waals surface area (Å²) in [7, 11) is 0. The largest absolute Gasteiger partial charge is 0.378 e. The number of ether oxygens (including phenoxy) is 1. The molecule has 6 heteroatoms. The first-order chi connectivity index (χ1) is 11.7. The van der Waals surface area contributed by atoms with E-state index in [0.717, 1.165) is 42.4 Å². The van der Waals surface area contributed by atoms with Gasteiger partial charge in [0.1, 0.15) is 0 Å². The number of Topliss-reactive ketones (excluding diaryl/α,β-unsaturated/α-hetero) is 1. The summed E-state index contributed by atoms with van der Waals surface area (Å²) >= 11 is 7.28. The summed E-state index contributed by atoms with van der Waals surface area (Å²) in [4.78, 5) is 15.5. The van der Waals surface area contributed by atoms with Crippen LogP contribution < -0.4 is 9.62 Å². The number of nitrogens with one attached hydrogen (secondary N) is 1. The van der Waals surface area contributed by atoms with Gasteiger partial charge in [-0.25, -0.2) is 0 Å². The minimum absolute atomic E-state index is 0.0741. The van der Waals surface area contributed by atoms with Crippen LogP contribution in [0.3, 0.4) is 0 Å². The lowest BCUT2D eigenvalue weighted by atomic mass is 10.1. The summed E-state index contributed by atoms with van der Waals surface area (Å²) in [5, 5.41) is 0.704. The first-order valence-corrected chi connectivity index (χ1v) is 9.03. The molecular formula is C18H19ClN2O2S. The zero-order valence-electron chi connectivity index (χ0n) is 13.2. The van der Waals surface area contributed by atoms with E-state index in [2.05, 4.69) is 9.62 Å². The number of carbonyl (C=O) groups is 1. The molecule has 2 aromatic rings. The van der Waals surface area contributed by atoms with Gasteiger partial charge in [-0.05, 0) is 60.5 Å². The second-order valence-corrected chi connectivity index (χ2v) is 6.85. The molecule has 1 heterocycles. The van der Waals surface area contributed by atoms with Crippen LogP contribution in [0.2, 0.25) is 5.02 Å². The van der Waals surface area contributed by atoms with Gasteiger partial charge >= 0.3 is 0 Å². The second kappa shape index (κ2) is 8.53. The topological polar surface area (TPSA) is 41.6 Å². The summed E-state index contributed by atoms with van der Waals surface area (Å²) < 4.78 is 8.45. The number of hydrogen-bond donors (Lipinski definition) is 1. The smallest absolute Gasteiger partial charge is 0.177 e. The fourth-order valence-corrected chi connectivity index (χ4v) is 3.24. The second-order valence-electron chi connectivity index (χ2n) is 5.45. The molecule has 2 aromatic carbocycles. The van der Waals surface area contributed by atoms with Crippen LogP contribution in [0.25, 0.3) is 0 Å². The highest BCUT2D eigenvalue weighted by Gasteiger charge is 2.12. The Bertz CT molecular complexity index is 670. The number of rotatable bonds is 6. The third kappa shape index (κ3) is 4.74. The van der Waals surface area contributed by atoms with Gasteiger partial charge in [-0.1, -0.05) is 11.6 Å². The van der Waals surface area contributed by atoms with E-state index in [9.17, 15) is 4.79 Å². The van der Waals surface area contributed by atoms with Crippen molar-refractivity contribution in [3.8, 4) is 0 Å². The van der Waals surface area contributed by atoms with Crippen LogP contribution in [0.5, 0.6) is 0 Å². The third-order valence-corrected chi connectivity index (χ3v) is 4.85. The molecule has 0 radical (unpaired) electrons. The number of halogens is 1. The summed E-state index contributed by atoms with van der Waals surface area (Å²) in [6.45, 7) is 3.59. The Morgan fingerprint density at radius 1 is 1.08 bits per heavy atom. The summed E-state index contributed by atoms with van der Waals surface area (Å²) in [5.74, 6) is 0.0741. The highest BCUT2D eigenvalue weighted by Crippen LogP contribution is 2.19. The predicted octanol–water partition coefficient (Wildman–Crippen LogP) is 3.66. The highest BCUT2D eigenvalue weighted by molar-refractivity contribution is 7.97. The molecule has 0 aromatic heterocycles. The molecule has 1 aliphatic heterocycles. The Morgan fingerprint density at radius 2 is 1.75 bits per heavy atom. The van der Waals surface area contributed by atoms with Crippen LogP contribution in [0.4, 0.5) is 5.69 Å². The molecule has 1 fully saturated rings. The monoisotopic (exact) mass is 362 g/mol. The van der Waals surface area contributed by atoms with Crippen LogP contribution in [-0.4, -0.2) is 38.6 Å². The molecular weight excluding hydrogens is 344 g/mol. The van der Waals surface area contributed by atoms with Gasteiger partial charge < -0.3 is 9.64 Å². The molecule has 1 saturated heterocycles. The van der Waals surface area contributed by atoms with Crippen molar-refractivity contribution < 1.29 is 9.53 Å². The van der Waals surface area contributed by atoms with E-state index in [1.807, 2.05) is 48.5 Å². The fourth-order valence-electron chi connectivity index (χ4n) is 2.47. The zero-order valence-corrected chi connectivity index (χ0v) is 14.8. The van der Waals surface area contributed by atoms with Crippen molar-refractivity contribution in [1.82, 2.24) is 4.72 Å². The number of morpholine rings is 1. The van der Waals surface area contributed by atoms with Crippen molar-refractivity contribution in [1.29, 1.82) is 0 Å². The van der Waals surface area contributed by atoms with E-state index in [1.165, 1.54) is 11.9 Å². The molecule has 0 amide bonds. The van der Waals surface area contributed by atoms with E-state index < -0.39 is 0 Å². The van der Waals surface area contributed by atoms with E-state index >= 15 is 0 Å². The van der Waals surface area contributed by atoms with E-state index in [0.29, 0.717) is 5.02 Å². The van der Waals surface area contributed by atoms with Gasteiger partial charge in [0, 0.05) is 34.3 Å². The molecule has 0 aliphatic carbocycles. The Hall–Kier alpha value is -1.53. The predicted molar refractivity (Wildman–Crippen MR) is 99.1 cm³/mol. The van der Waals surface area contributed by atoms with Gasteiger partial charge in [-0.2, -0.15) is 0 Å². The summed E-state index contributed by atoms with van der Waals surface area (Å²) in [6.07, 6.45) is 0. The lowest BCUT2D eigenvalue weighted by Crippen LogP contribution is -2.36. The molecule has 0 spiro atoms. The van der Waals surface area contributed by atoms with Crippen LogP contribution >= 0.6 is 23.5 Å². The van der Waals surface area contributed by atoms with Gasteiger partial charge in [0.05, 0.1) is 19.8 Å². The number of benzene rings is 2. The molecule has 1 N–H and O–H groups in total. The maximum Gasteiger partial charge on any atom is 0.177 e. The average molecular weight is 363 g/mol. The Kier molecular flexibility index (Phi) is 6.15. The van der Waals surface area contributed by atoms with Crippen molar-refractivity contribution in [2.75, 3.05) is 37.7 Å². The Balaban J connectivity index is 1.50. The fraction of sp³-hybridized carbons (Fsp3) is 0.278. The number of anilines is 1.